The first-order chi connectivity index (χ1) is 9.52. The van der Waals surface area contributed by atoms with Crippen LogP contribution in [0, 0.1) is 0 Å². The number of carboxylic acid groups (broad SMARTS) is 1. The zero-order valence-electron chi connectivity index (χ0n) is 11.2. The quantitative estimate of drug-likeness (QED) is 0.804. The number of esters is 1. The number of amides is 1. The van der Waals surface area contributed by atoms with Crippen molar-refractivity contribution >= 4 is 12.1 Å². The average Bonchev–Trinajstić information content (AvgIpc) is 2.46. The molecular formula is C14H17NO5. The van der Waals surface area contributed by atoms with Crippen molar-refractivity contribution in [2.24, 2.45) is 0 Å². The van der Waals surface area contributed by atoms with Gasteiger partial charge in [-0.05, 0) is 30.5 Å². The van der Waals surface area contributed by atoms with Gasteiger partial charge in [-0.3, -0.25) is 0 Å². The summed E-state index contributed by atoms with van der Waals surface area (Å²) in [5.74, 6) is -0.435. The Morgan fingerprint density at radius 2 is 1.95 bits per heavy atom. The van der Waals surface area contributed by atoms with E-state index in [9.17, 15) is 19.8 Å². The van der Waals surface area contributed by atoms with Crippen molar-refractivity contribution in [1.29, 1.82) is 0 Å². The van der Waals surface area contributed by atoms with Gasteiger partial charge in [0.25, 0.3) is 0 Å². The largest absolute Gasteiger partial charge is 0.465 e. The maximum atomic E-state index is 11.4. The van der Waals surface area contributed by atoms with Gasteiger partial charge >= 0.3 is 12.1 Å². The van der Waals surface area contributed by atoms with Crippen molar-refractivity contribution in [2.75, 3.05) is 13.7 Å². The average molecular weight is 279 g/mol. The fraction of sp³-hybridized carbons (Fsp3) is 0.429. The Morgan fingerprint density at radius 1 is 1.30 bits per heavy atom. The molecule has 1 heterocycles. The lowest BCUT2D eigenvalue weighted by molar-refractivity contribution is 0.0423. The number of likely N-dealkylation sites (tertiary alicyclic amines) is 1. The van der Waals surface area contributed by atoms with E-state index in [1.54, 1.807) is 24.3 Å². The third-order valence-corrected chi connectivity index (χ3v) is 3.54. The topological polar surface area (TPSA) is 87.1 Å². The number of nitrogens with zero attached hydrogens (tertiary/aromatic N) is 1. The lowest BCUT2D eigenvalue weighted by atomic mass is 9.93. The molecule has 0 aliphatic carbocycles. The predicted molar refractivity (Wildman–Crippen MR) is 70.5 cm³/mol. The van der Waals surface area contributed by atoms with E-state index in [4.69, 9.17) is 0 Å². The SMILES string of the molecule is COC(=O)c1ccc(C2CC(O)CCN2C(=O)O)cc1. The van der Waals surface area contributed by atoms with Crippen LogP contribution in [0.1, 0.15) is 34.8 Å². The Kier molecular flexibility index (Phi) is 4.24. The van der Waals surface area contributed by atoms with Crippen LogP contribution >= 0.6 is 0 Å². The second-order valence-electron chi connectivity index (χ2n) is 4.78. The third-order valence-electron chi connectivity index (χ3n) is 3.54. The van der Waals surface area contributed by atoms with Crippen LogP contribution in [0.5, 0.6) is 0 Å². The van der Waals surface area contributed by atoms with Crippen LogP contribution in [0.2, 0.25) is 0 Å². The molecule has 108 valence electrons. The van der Waals surface area contributed by atoms with Crippen LogP contribution in [-0.2, 0) is 4.74 Å². The Bertz CT molecular complexity index is 499. The molecule has 1 aromatic rings. The molecule has 20 heavy (non-hydrogen) atoms. The molecular weight excluding hydrogens is 262 g/mol. The third kappa shape index (κ3) is 2.91. The van der Waals surface area contributed by atoms with Gasteiger partial charge in [0.05, 0.1) is 24.8 Å². The first kappa shape index (κ1) is 14.3. The lowest BCUT2D eigenvalue weighted by Gasteiger charge is -2.36. The molecule has 0 spiro atoms. The van der Waals surface area contributed by atoms with Gasteiger partial charge < -0.3 is 19.8 Å². The summed E-state index contributed by atoms with van der Waals surface area (Å²) in [7, 11) is 1.31. The monoisotopic (exact) mass is 279 g/mol. The van der Waals surface area contributed by atoms with E-state index in [-0.39, 0.29) is 6.04 Å². The van der Waals surface area contributed by atoms with E-state index < -0.39 is 18.2 Å². The minimum absolute atomic E-state index is 0.305. The van der Waals surface area contributed by atoms with Crippen LogP contribution in [0.15, 0.2) is 24.3 Å². The summed E-state index contributed by atoms with van der Waals surface area (Å²) in [5.41, 5.74) is 1.17. The highest BCUT2D eigenvalue weighted by atomic mass is 16.5. The van der Waals surface area contributed by atoms with E-state index in [1.807, 2.05) is 0 Å². The molecule has 6 heteroatoms. The van der Waals surface area contributed by atoms with E-state index in [0.717, 1.165) is 5.56 Å². The molecule has 0 bridgehead atoms. The minimum Gasteiger partial charge on any atom is -0.465 e. The van der Waals surface area contributed by atoms with E-state index in [1.165, 1.54) is 12.0 Å². The summed E-state index contributed by atoms with van der Waals surface area (Å²) in [6, 6.07) is 6.21. The minimum atomic E-state index is -1.00. The van der Waals surface area contributed by atoms with Gasteiger partial charge in [-0.15, -0.1) is 0 Å². The molecule has 6 nitrogen and oxygen atoms in total. The maximum absolute atomic E-state index is 11.4. The predicted octanol–water partition coefficient (Wildman–Crippen LogP) is 1.65. The second-order valence-corrected chi connectivity index (χ2v) is 4.78. The normalized spacial score (nSPS) is 22.4. The number of carbonyl (C=O) groups is 2. The highest BCUT2D eigenvalue weighted by Gasteiger charge is 2.31. The zero-order chi connectivity index (χ0) is 14.7. The van der Waals surface area contributed by atoms with Crippen LogP contribution in [0.3, 0.4) is 0 Å². The number of hydrogen-bond acceptors (Lipinski definition) is 4. The summed E-state index contributed by atoms with van der Waals surface area (Å²) in [5, 5.41) is 18.9. The molecule has 0 aromatic heterocycles. The molecule has 1 amide bonds. The molecule has 1 aliphatic rings. The summed E-state index contributed by atoms with van der Waals surface area (Å²) in [6.45, 7) is 0.305. The van der Waals surface area contributed by atoms with E-state index in [2.05, 4.69) is 4.74 Å². The van der Waals surface area contributed by atoms with Gasteiger partial charge in [0, 0.05) is 6.54 Å². The van der Waals surface area contributed by atoms with Gasteiger partial charge in [-0.2, -0.15) is 0 Å². The maximum Gasteiger partial charge on any atom is 0.407 e. The van der Waals surface area contributed by atoms with E-state index >= 15 is 0 Å². The molecule has 2 atom stereocenters. The number of piperidine rings is 1. The number of benzene rings is 1. The van der Waals surface area contributed by atoms with Crippen molar-refractivity contribution in [3.63, 3.8) is 0 Å². The van der Waals surface area contributed by atoms with Gasteiger partial charge in [0.2, 0.25) is 0 Å². The van der Waals surface area contributed by atoms with Crippen molar-refractivity contribution < 1.29 is 24.5 Å². The smallest absolute Gasteiger partial charge is 0.407 e. The molecule has 0 radical (unpaired) electrons. The molecule has 0 saturated carbocycles. The standard InChI is InChI=1S/C14H17NO5/c1-20-13(17)10-4-2-9(3-5-10)12-8-11(16)6-7-15(12)14(18)19/h2-5,11-12,16H,6-8H2,1H3,(H,18,19). The Morgan fingerprint density at radius 3 is 2.50 bits per heavy atom. The molecule has 1 saturated heterocycles. The number of aliphatic hydroxyl groups is 1. The Hall–Kier alpha value is -2.08. The highest BCUT2D eigenvalue weighted by Crippen LogP contribution is 2.31. The first-order valence-electron chi connectivity index (χ1n) is 6.39. The fourth-order valence-electron chi connectivity index (χ4n) is 2.45. The van der Waals surface area contributed by atoms with Crippen molar-refractivity contribution in [3.8, 4) is 0 Å². The lowest BCUT2D eigenvalue weighted by Crippen LogP contribution is -2.41. The summed E-state index contributed by atoms with van der Waals surface area (Å²) in [4.78, 5) is 23.9. The number of rotatable bonds is 2. The molecule has 1 aromatic carbocycles. The van der Waals surface area contributed by atoms with Gasteiger partial charge in [-0.1, -0.05) is 12.1 Å². The number of hydrogen-bond donors (Lipinski definition) is 2. The first-order valence-corrected chi connectivity index (χ1v) is 6.39. The van der Waals surface area contributed by atoms with Gasteiger partial charge in [-0.25, -0.2) is 9.59 Å². The van der Waals surface area contributed by atoms with Crippen LogP contribution in [0.4, 0.5) is 4.79 Å². The van der Waals surface area contributed by atoms with Gasteiger partial charge in [0.1, 0.15) is 0 Å². The molecule has 1 aliphatic heterocycles. The van der Waals surface area contributed by atoms with Crippen molar-refractivity contribution in [1.82, 2.24) is 4.90 Å². The van der Waals surface area contributed by atoms with Crippen LogP contribution in [0.25, 0.3) is 0 Å². The summed E-state index contributed by atoms with van der Waals surface area (Å²) < 4.78 is 4.61. The molecule has 2 rings (SSSR count). The second kappa shape index (κ2) is 5.92. The summed E-state index contributed by atoms with van der Waals surface area (Å²) >= 11 is 0. The van der Waals surface area contributed by atoms with E-state index in [0.29, 0.717) is 24.9 Å². The van der Waals surface area contributed by atoms with Crippen LogP contribution < -0.4 is 0 Å². The van der Waals surface area contributed by atoms with Crippen molar-refractivity contribution in [3.05, 3.63) is 35.4 Å². The zero-order valence-corrected chi connectivity index (χ0v) is 11.2. The van der Waals surface area contributed by atoms with Gasteiger partial charge in [0.15, 0.2) is 0 Å². The number of aliphatic hydroxyl groups excluding tert-OH is 1. The fourth-order valence-corrected chi connectivity index (χ4v) is 2.45. The molecule has 1 fully saturated rings. The highest BCUT2D eigenvalue weighted by molar-refractivity contribution is 5.89. The Balaban J connectivity index is 2.23. The van der Waals surface area contributed by atoms with Crippen molar-refractivity contribution in [2.45, 2.75) is 25.0 Å². The van der Waals surface area contributed by atoms with Crippen LogP contribution in [-0.4, -0.2) is 46.9 Å². The molecule has 2 N–H and O–H groups in total. The Labute approximate surface area is 116 Å². The number of ether oxygens (including phenoxy) is 1. The number of methoxy groups -OCH3 is 1. The number of carbonyl (C=O) groups excluding carboxylic acids is 1. The summed E-state index contributed by atoms with van der Waals surface area (Å²) in [6.07, 6.45) is -0.692. The molecule has 2 unspecified atom stereocenters.